The van der Waals surface area contributed by atoms with Gasteiger partial charge < -0.3 is 0 Å². The highest BCUT2D eigenvalue weighted by molar-refractivity contribution is 5.23. The van der Waals surface area contributed by atoms with Crippen LogP contribution < -0.4 is 0 Å². The predicted molar refractivity (Wildman–Crippen MR) is 95.3 cm³/mol. The van der Waals surface area contributed by atoms with Crippen LogP contribution in [0.1, 0.15) is 23.5 Å². The normalized spacial score (nSPS) is 21.8. The van der Waals surface area contributed by atoms with Gasteiger partial charge in [0.1, 0.15) is 12.1 Å². The molecule has 4 heterocycles. The van der Waals surface area contributed by atoms with E-state index in [2.05, 4.69) is 22.1 Å². The van der Waals surface area contributed by atoms with Crippen LogP contribution in [0.3, 0.4) is 0 Å². The zero-order valence-electron chi connectivity index (χ0n) is 13.6. The van der Waals surface area contributed by atoms with E-state index in [1.165, 1.54) is 0 Å². The lowest BCUT2D eigenvalue weighted by molar-refractivity contribution is -0.304. The lowest BCUT2D eigenvalue weighted by atomic mass is 10.1. The largest absolute Gasteiger partial charge is 0.259 e. The summed E-state index contributed by atoms with van der Waals surface area (Å²) in [5.41, 5.74) is 1.85. The zero-order chi connectivity index (χ0) is 16.9. The summed E-state index contributed by atoms with van der Waals surface area (Å²) < 4.78 is 0. The fraction of sp³-hybridized carbons (Fsp3) is 0.100. The van der Waals surface area contributed by atoms with Crippen molar-refractivity contribution in [1.82, 2.24) is 20.1 Å². The molecule has 124 valence electrons. The average Bonchev–Trinajstić information content (AvgIpc) is 2.70. The van der Waals surface area contributed by atoms with Crippen molar-refractivity contribution in [1.29, 1.82) is 0 Å². The van der Waals surface area contributed by atoms with E-state index in [9.17, 15) is 0 Å². The van der Waals surface area contributed by atoms with Crippen molar-refractivity contribution in [2.75, 3.05) is 0 Å². The molecule has 0 fully saturated rings. The lowest BCUT2D eigenvalue weighted by Gasteiger charge is -2.36. The van der Waals surface area contributed by atoms with Crippen molar-refractivity contribution < 1.29 is 4.94 Å². The van der Waals surface area contributed by atoms with Crippen molar-refractivity contribution in [3.05, 3.63) is 109 Å². The summed E-state index contributed by atoms with van der Waals surface area (Å²) in [6, 6.07) is 11.6. The quantitative estimate of drug-likeness (QED) is 0.851. The summed E-state index contributed by atoms with van der Waals surface area (Å²) in [4.78, 5) is 15.1. The smallest absolute Gasteiger partial charge is 0.119 e. The van der Waals surface area contributed by atoms with Gasteiger partial charge in [0, 0.05) is 24.8 Å². The Hall–Kier alpha value is -3.18. The second-order valence-corrected chi connectivity index (χ2v) is 5.65. The number of rotatable bonds is 4. The lowest BCUT2D eigenvalue weighted by Crippen LogP contribution is -2.35. The van der Waals surface area contributed by atoms with E-state index in [0.717, 1.165) is 11.4 Å². The van der Waals surface area contributed by atoms with Crippen molar-refractivity contribution in [2.45, 2.75) is 12.1 Å². The molecule has 0 radical (unpaired) electrons. The van der Waals surface area contributed by atoms with Crippen molar-refractivity contribution in [2.24, 2.45) is 0 Å². The number of pyridine rings is 2. The van der Waals surface area contributed by atoms with E-state index in [-0.39, 0.29) is 12.1 Å². The molecule has 2 unspecified atom stereocenters. The number of hydrogen-bond acceptors (Lipinski definition) is 5. The first-order chi connectivity index (χ1) is 12.4. The second-order valence-electron chi connectivity index (χ2n) is 5.65. The van der Waals surface area contributed by atoms with Gasteiger partial charge in [-0.15, -0.1) is 0 Å². The average molecular weight is 330 g/mol. The highest BCUT2D eigenvalue weighted by Gasteiger charge is 2.25. The third-order valence-corrected chi connectivity index (χ3v) is 3.99. The molecule has 5 heteroatoms. The highest BCUT2D eigenvalue weighted by Crippen LogP contribution is 2.29. The van der Waals surface area contributed by atoms with E-state index in [1.807, 2.05) is 73.1 Å². The Bertz CT molecular complexity index is 745. The number of hydroxylamine groups is 4. The molecule has 2 atom stereocenters. The SMILES string of the molecule is C1=CC(c2ccccn2)N(ON2C=CC=CC2c2ccccn2)C=C1. The van der Waals surface area contributed by atoms with E-state index in [4.69, 9.17) is 4.94 Å². The Morgan fingerprint density at radius 1 is 0.680 bits per heavy atom. The molecule has 0 aromatic carbocycles. The number of hydrogen-bond donors (Lipinski definition) is 0. The second kappa shape index (κ2) is 7.15. The molecule has 0 N–H and O–H groups in total. The molecule has 25 heavy (non-hydrogen) atoms. The van der Waals surface area contributed by atoms with Crippen LogP contribution in [0.25, 0.3) is 0 Å². The van der Waals surface area contributed by atoms with Gasteiger partial charge in [-0.3, -0.25) is 9.97 Å². The van der Waals surface area contributed by atoms with Crippen LogP contribution in [-0.2, 0) is 4.94 Å². The maximum absolute atomic E-state index is 6.18. The van der Waals surface area contributed by atoms with Gasteiger partial charge >= 0.3 is 0 Å². The third-order valence-electron chi connectivity index (χ3n) is 3.99. The minimum absolute atomic E-state index is 0.0881. The summed E-state index contributed by atoms with van der Waals surface area (Å²) in [7, 11) is 0. The number of nitrogens with zero attached hydrogens (tertiary/aromatic N) is 4. The Kier molecular flexibility index (Phi) is 4.39. The minimum Gasteiger partial charge on any atom is -0.259 e. The van der Waals surface area contributed by atoms with Crippen LogP contribution in [-0.4, -0.2) is 20.1 Å². The van der Waals surface area contributed by atoms with Crippen LogP contribution in [0.4, 0.5) is 0 Å². The van der Waals surface area contributed by atoms with Crippen molar-refractivity contribution in [3.63, 3.8) is 0 Å². The first-order valence-electron chi connectivity index (χ1n) is 8.18. The Morgan fingerprint density at radius 2 is 1.20 bits per heavy atom. The molecule has 4 rings (SSSR count). The minimum atomic E-state index is -0.0881. The molecule has 2 aromatic heterocycles. The topological polar surface area (TPSA) is 41.5 Å². The monoisotopic (exact) mass is 330 g/mol. The van der Waals surface area contributed by atoms with Crippen LogP contribution >= 0.6 is 0 Å². The van der Waals surface area contributed by atoms with Gasteiger partial charge in [-0.2, -0.15) is 4.94 Å². The van der Waals surface area contributed by atoms with Gasteiger partial charge in [-0.25, -0.2) is 10.1 Å². The van der Waals surface area contributed by atoms with Gasteiger partial charge in [0.15, 0.2) is 0 Å². The molecule has 5 nitrogen and oxygen atoms in total. The third kappa shape index (κ3) is 3.36. The predicted octanol–water partition coefficient (Wildman–Crippen LogP) is 3.88. The van der Waals surface area contributed by atoms with Crippen molar-refractivity contribution >= 4 is 0 Å². The van der Waals surface area contributed by atoms with Crippen LogP contribution in [0.5, 0.6) is 0 Å². The standard InChI is InChI=1S/C20H18N4O/c1-5-13-21-17(9-1)19-11-3-7-15-23(19)25-24-16-8-4-12-20(24)18-10-2-6-14-22-18/h1-16,19-20H. The van der Waals surface area contributed by atoms with Crippen molar-refractivity contribution in [3.8, 4) is 0 Å². The van der Waals surface area contributed by atoms with Gasteiger partial charge in [-0.05, 0) is 36.4 Å². The molecular formula is C20H18N4O. The molecule has 0 amide bonds. The van der Waals surface area contributed by atoms with Gasteiger partial charge in [0.2, 0.25) is 0 Å². The first kappa shape index (κ1) is 15.4. The van der Waals surface area contributed by atoms with Crippen LogP contribution in [0.2, 0.25) is 0 Å². The van der Waals surface area contributed by atoms with E-state index >= 15 is 0 Å². The molecule has 0 aliphatic carbocycles. The van der Waals surface area contributed by atoms with Gasteiger partial charge in [0.25, 0.3) is 0 Å². The maximum Gasteiger partial charge on any atom is 0.119 e. The Balaban J connectivity index is 1.57. The highest BCUT2D eigenvalue weighted by atomic mass is 16.8. The number of aromatic nitrogens is 2. The molecule has 2 aliphatic rings. The zero-order valence-corrected chi connectivity index (χ0v) is 13.6. The molecule has 2 aliphatic heterocycles. The fourth-order valence-corrected chi connectivity index (χ4v) is 2.79. The van der Waals surface area contributed by atoms with E-state index in [0.29, 0.717) is 0 Å². The van der Waals surface area contributed by atoms with Crippen LogP contribution in [0, 0.1) is 0 Å². The Morgan fingerprint density at radius 3 is 1.64 bits per heavy atom. The molecule has 0 spiro atoms. The molecule has 0 bridgehead atoms. The first-order valence-corrected chi connectivity index (χ1v) is 8.18. The summed E-state index contributed by atoms with van der Waals surface area (Å²) >= 11 is 0. The Labute approximate surface area is 146 Å². The summed E-state index contributed by atoms with van der Waals surface area (Å²) in [6.07, 6.45) is 19.4. The van der Waals surface area contributed by atoms with E-state index < -0.39 is 0 Å². The fourth-order valence-electron chi connectivity index (χ4n) is 2.79. The summed E-state index contributed by atoms with van der Waals surface area (Å²) in [5, 5.41) is 3.59. The molecule has 2 aromatic rings. The maximum atomic E-state index is 6.18. The molecule has 0 saturated carbocycles. The van der Waals surface area contributed by atoms with E-state index in [1.54, 1.807) is 22.5 Å². The molecular weight excluding hydrogens is 312 g/mol. The summed E-state index contributed by atoms with van der Waals surface area (Å²) in [5.74, 6) is 0. The molecule has 0 saturated heterocycles. The van der Waals surface area contributed by atoms with Gasteiger partial charge in [-0.1, -0.05) is 36.4 Å². The summed E-state index contributed by atoms with van der Waals surface area (Å²) in [6.45, 7) is 0. The van der Waals surface area contributed by atoms with Gasteiger partial charge in [0.05, 0.1) is 11.4 Å². The van der Waals surface area contributed by atoms with Crippen LogP contribution in [0.15, 0.2) is 97.6 Å². The number of allylic oxidation sites excluding steroid dienone is 4.